The second-order valence-electron chi connectivity index (χ2n) is 1.96. The Kier molecular flexibility index (Phi) is 10.2. The summed E-state index contributed by atoms with van der Waals surface area (Å²) in [6.45, 7) is 6.96. The first-order chi connectivity index (χ1) is 2.77. The molecule has 0 radical (unpaired) electrons. The van der Waals surface area contributed by atoms with E-state index in [1.807, 2.05) is 0 Å². The molecule has 0 rings (SSSR count). The molecular formula is C5H14ClP. The summed E-state index contributed by atoms with van der Waals surface area (Å²) in [4.78, 5) is 0. The van der Waals surface area contributed by atoms with Gasteiger partial charge in [0.2, 0.25) is 0 Å². The first kappa shape index (κ1) is 10.7. The lowest BCUT2D eigenvalue weighted by Crippen LogP contribution is -3.00. The molecule has 0 amide bonds. The Bertz CT molecular complexity index is 29.3. The number of halogens is 1. The maximum Gasteiger partial charge on any atom is 0.0563 e. The van der Waals surface area contributed by atoms with Crippen molar-refractivity contribution in [2.45, 2.75) is 13.3 Å². The van der Waals surface area contributed by atoms with Gasteiger partial charge in [-0.3, -0.25) is 0 Å². The van der Waals surface area contributed by atoms with Gasteiger partial charge in [0.15, 0.2) is 0 Å². The highest BCUT2D eigenvalue weighted by Crippen LogP contribution is 2.23. The summed E-state index contributed by atoms with van der Waals surface area (Å²) in [6.07, 6.45) is 2.85. The fourth-order valence-electron chi connectivity index (χ4n) is 0.500. The maximum atomic E-state index is 2.36. The van der Waals surface area contributed by atoms with E-state index in [0.29, 0.717) is 0 Å². The molecule has 0 unspecified atom stereocenters. The van der Waals surface area contributed by atoms with Gasteiger partial charge in [0, 0.05) is 13.3 Å². The van der Waals surface area contributed by atoms with Crippen molar-refractivity contribution in [3.63, 3.8) is 0 Å². The van der Waals surface area contributed by atoms with E-state index in [-0.39, 0.29) is 20.3 Å². The first-order valence-corrected chi connectivity index (χ1v) is 5.27. The molecule has 0 aromatic carbocycles. The molecule has 0 aliphatic carbocycles. The molecular weight excluding hydrogens is 126 g/mol. The lowest BCUT2D eigenvalue weighted by Gasteiger charge is -1.89. The van der Waals surface area contributed by atoms with Crippen molar-refractivity contribution in [1.82, 2.24) is 0 Å². The Morgan fingerprint density at radius 3 is 1.71 bits per heavy atom. The molecule has 0 bridgehead atoms. The van der Waals surface area contributed by atoms with Crippen molar-refractivity contribution >= 4 is 7.92 Å². The van der Waals surface area contributed by atoms with Gasteiger partial charge in [0.25, 0.3) is 0 Å². The van der Waals surface area contributed by atoms with Crippen LogP contribution >= 0.6 is 7.92 Å². The molecule has 0 saturated heterocycles. The molecule has 0 aliphatic rings. The molecule has 0 fully saturated rings. The van der Waals surface area contributed by atoms with Crippen molar-refractivity contribution in [1.29, 1.82) is 0 Å². The molecule has 0 saturated carbocycles. The topological polar surface area (TPSA) is 0 Å². The number of hydrogen-bond donors (Lipinski definition) is 0. The van der Waals surface area contributed by atoms with Crippen LogP contribution in [0, 0.1) is 0 Å². The van der Waals surface area contributed by atoms with Crippen LogP contribution in [0.1, 0.15) is 13.3 Å². The largest absolute Gasteiger partial charge is 1.00 e. The van der Waals surface area contributed by atoms with Crippen LogP contribution in [0.25, 0.3) is 0 Å². The van der Waals surface area contributed by atoms with Crippen LogP contribution in [0.2, 0.25) is 0 Å². The van der Waals surface area contributed by atoms with Gasteiger partial charge in [-0.05, 0) is 14.3 Å². The Morgan fingerprint density at radius 2 is 1.71 bits per heavy atom. The highest BCUT2D eigenvalue weighted by Gasteiger charge is 1.92. The van der Waals surface area contributed by atoms with E-state index in [1.54, 1.807) is 0 Å². The van der Waals surface area contributed by atoms with Gasteiger partial charge >= 0.3 is 0 Å². The molecule has 0 aliphatic heterocycles. The van der Waals surface area contributed by atoms with E-state index in [9.17, 15) is 0 Å². The van der Waals surface area contributed by atoms with Gasteiger partial charge in [-0.2, -0.15) is 0 Å². The molecule has 0 aromatic rings. The van der Waals surface area contributed by atoms with Crippen molar-refractivity contribution in [2.24, 2.45) is 0 Å². The normalized spacial score (nSPS) is 8.57. The van der Waals surface area contributed by atoms with Gasteiger partial charge in [0.1, 0.15) is 0 Å². The SMILES string of the molecule is CCC[PH+](C)C.[Cl-]. The van der Waals surface area contributed by atoms with Crippen LogP contribution in [0.15, 0.2) is 0 Å². The van der Waals surface area contributed by atoms with E-state index in [2.05, 4.69) is 20.3 Å². The maximum absolute atomic E-state index is 2.36. The minimum absolute atomic E-state index is 0. The highest BCUT2D eigenvalue weighted by molar-refractivity contribution is 7.55. The van der Waals surface area contributed by atoms with Crippen molar-refractivity contribution in [3.8, 4) is 0 Å². The smallest absolute Gasteiger partial charge is 0.0563 e. The molecule has 0 N–H and O–H groups in total. The van der Waals surface area contributed by atoms with E-state index in [0.717, 1.165) is 0 Å². The van der Waals surface area contributed by atoms with Crippen LogP contribution < -0.4 is 12.4 Å². The van der Waals surface area contributed by atoms with Crippen molar-refractivity contribution < 1.29 is 12.4 Å². The average molecular weight is 141 g/mol. The summed E-state index contributed by atoms with van der Waals surface area (Å²) in [5, 5.41) is 0. The summed E-state index contributed by atoms with van der Waals surface area (Å²) in [5.41, 5.74) is 0. The zero-order valence-corrected chi connectivity index (χ0v) is 7.05. The zero-order chi connectivity index (χ0) is 4.99. The number of hydrogen-bond acceptors (Lipinski definition) is 0. The summed E-state index contributed by atoms with van der Waals surface area (Å²) in [7, 11) is 0.114. The number of rotatable bonds is 2. The van der Waals surface area contributed by atoms with Crippen LogP contribution in [0.3, 0.4) is 0 Å². The third-order valence-corrected chi connectivity index (χ3v) is 2.25. The molecule has 0 atom stereocenters. The van der Waals surface area contributed by atoms with Crippen LogP contribution in [-0.4, -0.2) is 19.5 Å². The Hall–Kier alpha value is 0.720. The lowest BCUT2D eigenvalue weighted by molar-refractivity contribution is -0.00000152. The predicted octanol–water partition coefficient (Wildman–Crippen LogP) is -1.13. The van der Waals surface area contributed by atoms with E-state index >= 15 is 0 Å². The van der Waals surface area contributed by atoms with Gasteiger partial charge < -0.3 is 12.4 Å². The second kappa shape index (κ2) is 6.72. The predicted molar refractivity (Wildman–Crippen MR) is 35.3 cm³/mol. The van der Waals surface area contributed by atoms with Gasteiger partial charge in [0.05, 0.1) is 6.16 Å². The Balaban J connectivity index is 0. The molecule has 46 valence electrons. The molecule has 0 spiro atoms. The monoisotopic (exact) mass is 140 g/mol. The first-order valence-electron chi connectivity index (χ1n) is 2.56. The minimum atomic E-state index is 0. The van der Waals surface area contributed by atoms with E-state index < -0.39 is 0 Å². The average Bonchev–Trinajstić information content (AvgIpc) is 1.35. The highest BCUT2D eigenvalue weighted by atomic mass is 35.5. The fourth-order valence-corrected chi connectivity index (χ4v) is 1.50. The standard InChI is InChI=1S/C5H13P.ClH/c1-4-5-6(2)3;/h4-5H2,1-3H3;1H. The van der Waals surface area contributed by atoms with Crippen molar-refractivity contribution in [2.75, 3.05) is 19.5 Å². The summed E-state index contributed by atoms with van der Waals surface area (Å²) < 4.78 is 0. The fraction of sp³-hybridized carbons (Fsp3) is 1.00. The third-order valence-electron chi connectivity index (χ3n) is 0.750. The van der Waals surface area contributed by atoms with Gasteiger partial charge in [-0.15, -0.1) is 0 Å². The Morgan fingerprint density at radius 1 is 1.29 bits per heavy atom. The Labute approximate surface area is 53.9 Å². The van der Waals surface area contributed by atoms with Crippen LogP contribution in [0.4, 0.5) is 0 Å². The second-order valence-corrected chi connectivity index (χ2v) is 4.87. The van der Waals surface area contributed by atoms with E-state index in [1.165, 1.54) is 12.6 Å². The summed E-state index contributed by atoms with van der Waals surface area (Å²) in [5.74, 6) is 0. The summed E-state index contributed by atoms with van der Waals surface area (Å²) in [6, 6.07) is 0. The van der Waals surface area contributed by atoms with Gasteiger partial charge in [-0.1, -0.05) is 6.92 Å². The zero-order valence-electron chi connectivity index (χ0n) is 5.29. The quantitative estimate of drug-likeness (QED) is 0.426. The van der Waals surface area contributed by atoms with Crippen LogP contribution in [-0.2, 0) is 0 Å². The summed E-state index contributed by atoms with van der Waals surface area (Å²) >= 11 is 0. The molecule has 0 heterocycles. The third kappa shape index (κ3) is 10.8. The van der Waals surface area contributed by atoms with Crippen LogP contribution in [0.5, 0.6) is 0 Å². The van der Waals surface area contributed by atoms with Crippen molar-refractivity contribution in [3.05, 3.63) is 0 Å². The lowest BCUT2D eigenvalue weighted by atomic mass is 10.6. The molecule has 0 aromatic heterocycles. The molecule has 2 heteroatoms. The minimum Gasteiger partial charge on any atom is -1.00 e. The molecule has 0 nitrogen and oxygen atoms in total. The van der Waals surface area contributed by atoms with E-state index in [4.69, 9.17) is 0 Å². The molecule has 7 heavy (non-hydrogen) atoms. The van der Waals surface area contributed by atoms with Gasteiger partial charge in [-0.25, -0.2) is 0 Å².